The van der Waals surface area contributed by atoms with Gasteiger partial charge in [-0.05, 0) is 26.0 Å². The van der Waals surface area contributed by atoms with Crippen molar-refractivity contribution in [2.45, 2.75) is 20.3 Å². The first-order valence-corrected chi connectivity index (χ1v) is 9.28. The molecule has 0 saturated heterocycles. The Balaban J connectivity index is 1.85. The number of rotatable bonds is 6. The maximum atomic E-state index is 12.6. The number of aromatic nitrogens is 1. The van der Waals surface area contributed by atoms with E-state index in [-0.39, 0.29) is 12.2 Å². The molecular formula is C21H21NO4S. The van der Waals surface area contributed by atoms with Crippen molar-refractivity contribution in [1.29, 1.82) is 0 Å². The van der Waals surface area contributed by atoms with E-state index in [4.69, 9.17) is 14.2 Å². The zero-order chi connectivity index (χ0) is 19.4. The molecule has 140 valence electrons. The fraction of sp³-hybridized carbons (Fsp3) is 0.238. The van der Waals surface area contributed by atoms with Crippen molar-refractivity contribution in [3.8, 4) is 28.5 Å². The van der Waals surface area contributed by atoms with E-state index in [9.17, 15) is 4.79 Å². The predicted molar refractivity (Wildman–Crippen MR) is 106 cm³/mol. The summed E-state index contributed by atoms with van der Waals surface area (Å²) < 4.78 is 16.1. The highest BCUT2D eigenvalue weighted by molar-refractivity contribution is 7.12. The van der Waals surface area contributed by atoms with Crippen molar-refractivity contribution in [3.05, 3.63) is 57.9 Å². The first-order valence-electron chi connectivity index (χ1n) is 8.47. The molecule has 0 unspecified atom stereocenters. The number of carbonyl (C=O) groups excluding carboxylic acids is 1. The van der Waals surface area contributed by atoms with Gasteiger partial charge < -0.3 is 14.2 Å². The van der Waals surface area contributed by atoms with Crippen LogP contribution in [-0.4, -0.2) is 25.2 Å². The van der Waals surface area contributed by atoms with Crippen LogP contribution in [0.2, 0.25) is 0 Å². The van der Waals surface area contributed by atoms with Gasteiger partial charge in [0, 0.05) is 10.4 Å². The zero-order valence-corrected chi connectivity index (χ0v) is 16.6. The normalized spacial score (nSPS) is 10.5. The second kappa shape index (κ2) is 8.22. The van der Waals surface area contributed by atoms with Gasteiger partial charge in [0.05, 0.1) is 31.3 Å². The lowest BCUT2D eigenvalue weighted by Gasteiger charge is -2.12. The number of esters is 1. The van der Waals surface area contributed by atoms with Gasteiger partial charge >= 0.3 is 5.97 Å². The summed E-state index contributed by atoms with van der Waals surface area (Å²) >= 11 is 1.50. The predicted octanol–water partition coefficient (Wildman–Crippen LogP) is 4.59. The number of methoxy groups -OCH3 is 2. The topological polar surface area (TPSA) is 57.7 Å². The van der Waals surface area contributed by atoms with Crippen LogP contribution in [0.15, 0.2) is 42.5 Å². The van der Waals surface area contributed by atoms with Crippen molar-refractivity contribution < 1.29 is 19.0 Å². The van der Waals surface area contributed by atoms with Crippen LogP contribution >= 0.6 is 11.3 Å². The molecule has 0 fully saturated rings. The molecular weight excluding hydrogens is 362 g/mol. The second-order valence-electron chi connectivity index (χ2n) is 6.01. The van der Waals surface area contributed by atoms with E-state index in [0.29, 0.717) is 11.5 Å². The zero-order valence-electron chi connectivity index (χ0n) is 15.7. The van der Waals surface area contributed by atoms with Crippen molar-refractivity contribution >= 4 is 17.3 Å². The fourth-order valence-electron chi connectivity index (χ4n) is 2.72. The molecule has 1 heterocycles. The SMILES string of the molecule is COc1cccc(OC)c1OC(=O)Cc1sc(C)nc1-c1ccc(C)cc1. The van der Waals surface area contributed by atoms with E-state index >= 15 is 0 Å². The highest BCUT2D eigenvalue weighted by atomic mass is 32.1. The number of para-hydroxylation sites is 1. The number of hydrogen-bond acceptors (Lipinski definition) is 6. The van der Waals surface area contributed by atoms with Gasteiger partial charge in [0.15, 0.2) is 11.5 Å². The van der Waals surface area contributed by atoms with Crippen molar-refractivity contribution in [2.24, 2.45) is 0 Å². The van der Waals surface area contributed by atoms with Crippen molar-refractivity contribution in [1.82, 2.24) is 4.98 Å². The third kappa shape index (κ3) is 4.28. The molecule has 0 spiro atoms. The number of thiazole rings is 1. The standard InChI is InChI=1S/C21H21NO4S/c1-13-8-10-15(11-9-13)20-18(27-14(2)22-20)12-19(23)26-21-16(24-3)6-5-7-17(21)25-4/h5-11H,12H2,1-4H3. The van der Waals surface area contributed by atoms with E-state index in [1.54, 1.807) is 18.2 Å². The van der Waals surface area contributed by atoms with Crippen LogP contribution < -0.4 is 14.2 Å². The Labute approximate surface area is 162 Å². The lowest BCUT2D eigenvalue weighted by Crippen LogP contribution is -2.12. The smallest absolute Gasteiger partial charge is 0.316 e. The summed E-state index contributed by atoms with van der Waals surface area (Å²) in [5, 5.41) is 0.906. The molecule has 1 aromatic heterocycles. The number of hydrogen-bond donors (Lipinski definition) is 0. The lowest BCUT2D eigenvalue weighted by atomic mass is 10.1. The Morgan fingerprint density at radius 2 is 1.63 bits per heavy atom. The van der Waals surface area contributed by atoms with Crippen LogP contribution in [0.3, 0.4) is 0 Å². The molecule has 5 nitrogen and oxygen atoms in total. The Hall–Kier alpha value is -2.86. The van der Waals surface area contributed by atoms with Gasteiger partial charge in [-0.2, -0.15) is 0 Å². The summed E-state index contributed by atoms with van der Waals surface area (Å²) in [7, 11) is 3.04. The largest absolute Gasteiger partial charge is 0.493 e. The molecule has 0 amide bonds. The maximum absolute atomic E-state index is 12.6. The van der Waals surface area contributed by atoms with E-state index in [1.165, 1.54) is 31.1 Å². The first-order chi connectivity index (χ1) is 13.0. The van der Waals surface area contributed by atoms with E-state index in [1.807, 2.05) is 38.1 Å². The number of nitrogens with zero attached hydrogens (tertiary/aromatic N) is 1. The van der Waals surface area contributed by atoms with Crippen LogP contribution in [0.5, 0.6) is 17.2 Å². The molecule has 27 heavy (non-hydrogen) atoms. The summed E-state index contributed by atoms with van der Waals surface area (Å²) in [6, 6.07) is 13.3. The quantitative estimate of drug-likeness (QED) is 0.460. The third-order valence-corrected chi connectivity index (χ3v) is 5.00. The minimum Gasteiger partial charge on any atom is -0.493 e. The van der Waals surface area contributed by atoms with E-state index < -0.39 is 5.97 Å². The second-order valence-corrected chi connectivity index (χ2v) is 7.30. The molecule has 0 radical (unpaired) electrons. The summed E-state index contributed by atoms with van der Waals surface area (Å²) in [6.45, 7) is 3.97. The minimum atomic E-state index is -0.394. The van der Waals surface area contributed by atoms with E-state index in [0.717, 1.165) is 21.1 Å². The third-order valence-electron chi connectivity index (χ3n) is 4.03. The molecule has 0 N–H and O–H groups in total. The number of aryl methyl sites for hydroxylation is 2. The highest BCUT2D eigenvalue weighted by Gasteiger charge is 2.19. The van der Waals surface area contributed by atoms with Gasteiger partial charge in [0.2, 0.25) is 5.75 Å². The molecule has 0 atom stereocenters. The Morgan fingerprint density at radius 3 is 2.22 bits per heavy atom. The first kappa shape index (κ1) is 18.9. The molecule has 0 aliphatic rings. The Kier molecular flexibility index (Phi) is 5.76. The molecule has 0 saturated carbocycles. The van der Waals surface area contributed by atoms with Crippen LogP contribution in [0.25, 0.3) is 11.3 Å². The summed E-state index contributed by atoms with van der Waals surface area (Å²) in [5.41, 5.74) is 2.99. The van der Waals surface area contributed by atoms with E-state index in [2.05, 4.69) is 4.98 Å². The monoisotopic (exact) mass is 383 g/mol. The van der Waals surface area contributed by atoms with Gasteiger partial charge in [-0.15, -0.1) is 11.3 Å². The molecule has 0 aliphatic carbocycles. The summed E-state index contributed by atoms with van der Waals surface area (Å²) in [6.07, 6.45) is 0.121. The average Bonchev–Trinajstić information content (AvgIpc) is 3.02. The van der Waals surface area contributed by atoms with Gasteiger partial charge in [-0.3, -0.25) is 4.79 Å². The molecule has 2 aromatic carbocycles. The van der Waals surface area contributed by atoms with Crippen molar-refractivity contribution in [2.75, 3.05) is 14.2 Å². The average molecular weight is 383 g/mol. The Morgan fingerprint density at radius 1 is 1.00 bits per heavy atom. The van der Waals surface area contributed by atoms with Gasteiger partial charge in [0.1, 0.15) is 0 Å². The van der Waals surface area contributed by atoms with Gasteiger partial charge in [-0.25, -0.2) is 4.98 Å². The highest BCUT2D eigenvalue weighted by Crippen LogP contribution is 2.37. The van der Waals surface area contributed by atoms with Crippen LogP contribution in [-0.2, 0) is 11.2 Å². The Bertz CT molecular complexity index is 925. The molecule has 0 bridgehead atoms. The molecule has 0 aliphatic heterocycles. The number of ether oxygens (including phenoxy) is 3. The number of benzene rings is 2. The van der Waals surface area contributed by atoms with Crippen LogP contribution in [0.4, 0.5) is 0 Å². The lowest BCUT2D eigenvalue weighted by molar-refractivity contribution is -0.133. The molecule has 6 heteroatoms. The van der Waals surface area contributed by atoms with Gasteiger partial charge in [0.25, 0.3) is 0 Å². The van der Waals surface area contributed by atoms with Crippen LogP contribution in [0.1, 0.15) is 15.4 Å². The van der Waals surface area contributed by atoms with Gasteiger partial charge in [-0.1, -0.05) is 35.9 Å². The van der Waals surface area contributed by atoms with Crippen molar-refractivity contribution in [3.63, 3.8) is 0 Å². The van der Waals surface area contributed by atoms with Crippen LogP contribution in [0, 0.1) is 13.8 Å². The molecule has 3 aromatic rings. The fourth-order valence-corrected chi connectivity index (χ4v) is 3.67. The maximum Gasteiger partial charge on any atom is 0.316 e. The summed E-state index contributed by atoms with van der Waals surface area (Å²) in [4.78, 5) is 18.1. The minimum absolute atomic E-state index is 0.121. The number of carbonyl (C=O) groups is 1. The molecule has 3 rings (SSSR count). The summed E-state index contributed by atoms with van der Waals surface area (Å²) in [5.74, 6) is 0.782.